The van der Waals surface area contributed by atoms with Crippen molar-refractivity contribution in [3.05, 3.63) is 17.9 Å². The first-order valence-electron chi connectivity index (χ1n) is 6.59. The summed E-state index contributed by atoms with van der Waals surface area (Å²) < 4.78 is 5.33. The van der Waals surface area contributed by atoms with E-state index in [0.717, 1.165) is 17.8 Å². The molecule has 2 N–H and O–H groups in total. The van der Waals surface area contributed by atoms with E-state index in [2.05, 4.69) is 6.07 Å². The number of furan rings is 1. The Morgan fingerprint density at radius 2 is 1.62 bits per heavy atom. The zero-order chi connectivity index (χ0) is 10.8. The number of nitrogens with two attached hydrogens (primary N) is 1. The summed E-state index contributed by atoms with van der Waals surface area (Å²) in [5.74, 6) is 3.60. The van der Waals surface area contributed by atoms with Crippen LogP contribution in [0, 0.1) is 17.8 Å². The Morgan fingerprint density at radius 1 is 1.06 bits per heavy atom. The van der Waals surface area contributed by atoms with Crippen molar-refractivity contribution < 1.29 is 4.42 Å². The van der Waals surface area contributed by atoms with Crippen molar-refractivity contribution >= 4 is 5.88 Å². The number of anilines is 1. The Labute approximate surface area is 96.2 Å². The van der Waals surface area contributed by atoms with E-state index in [9.17, 15) is 0 Å². The standard InChI is InChI=1S/C14H19NO/c15-13-12(1-2-16-13)14-6-9-3-10(7-14)5-11(4-9)8-14/h1-2,9-11H,3-8,15H2. The van der Waals surface area contributed by atoms with E-state index >= 15 is 0 Å². The first kappa shape index (κ1) is 9.15. The fraction of sp³-hybridized carbons (Fsp3) is 0.714. The fourth-order valence-corrected chi connectivity index (χ4v) is 5.20. The summed E-state index contributed by atoms with van der Waals surface area (Å²) in [6, 6.07) is 2.13. The third kappa shape index (κ3) is 1.08. The summed E-state index contributed by atoms with van der Waals surface area (Å²) in [7, 11) is 0. The second-order valence-corrected chi connectivity index (χ2v) is 6.40. The topological polar surface area (TPSA) is 39.2 Å². The lowest BCUT2D eigenvalue weighted by molar-refractivity contribution is -0.00498. The Morgan fingerprint density at radius 3 is 2.06 bits per heavy atom. The maximum absolute atomic E-state index is 6.00. The molecular formula is C14H19NO. The highest BCUT2D eigenvalue weighted by Gasteiger charge is 2.52. The molecule has 16 heavy (non-hydrogen) atoms. The molecule has 4 aliphatic rings. The molecule has 4 bridgehead atoms. The number of hydrogen-bond donors (Lipinski definition) is 1. The van der Waals surface area contributed by atoms with Crippen LogP contribution in [0.2, 0.25) is 0 Å². The fourth-order valence-electron chi connectivity index (χ4n) is 5.20. The minimum Gasteiger partial charge on any atom is -0.449 e. The average Bonchev–Trinajstić information content (AvgIpc) is 2.62. The van der Waals surface area contributed by atoms with Gasteiger partial charge in [-0.05, 0) is 62.3 Å². The van der Waals surface area contributed by atoms with E-state index < -0.39 is 0 Å². The minimum absolute atomic E-state index is 0.395. The van der Waals surface area contributed by atoms with Gasteiger partial charge in [-0.1, -0.05) is 0 Å². The molecule has 0 radical (unpaired) electrons. The van der Waals surface area contributed by atoms with Crippen molar-refractivity contribution in [1.29, 1.82) is 0 Å². The molecule has 0 saturated heterocycles. The summed E-state index contributed by atoms with van der Waals surface area (Å²) in [5.41, 5.74) is 7.72. The van der Waals surface area contributed by atoms with Crippen LogP contribution in [0.15, 0.2) is 16.7 Å². The normalized spacial score (nSPS) is 45.1. The van der Waals surface area contributed by atoms with E-state index in [4.69, 9.17) is 10.2 Å². The van der Waals surface area contributed by atoms with Gasteiger partial charge in [0.25, 0.3) is 0 Å². The van der Waals surface area contributed by atoms with Crippen molar-refractivity contribution in [1.82, 2.24) is 0 Å². The number of hydrogen-bond acceptors (Lipinski definition) is 2. The number of nitrogen functional groups attached to an aromatic ring is 1. The molecule has 0 amide bonds. The van der Waals surface area contributed by atoms with E-state index in [-0.39, 0.29) is 0 Å². The molecule has 0 aliphatic heterocycles. The van der Waals surface area contributed by atoms with Crippen LogP contribution >= 0.6 is 0 Å². The zero-order valence-electron chi connectivity index (χ0n) is 9.61. The molecule has 0 aromatic carbocycles. The van der Waals surface area contributed by atoms with Gasteiger partial charge in [-0.25, -0.2) is 0 Å². The minimum atomic E-state index is 0.395. The molecule has 0 unspecified atom stereocenters. The van der Waals surface area contributed by atoms with Gasteiger partial charge >= 0.3 is 0 Å². The summed E-state index contributed by atoms with van der Waals surface area (Å²) >= 11 is 0. The summed E-state index contributed by atoms with van der Waals surface area (Å²) in [6.45, 7) is 0. The zero-order valence-corrected chi connectivity index (χ0v) is 9.61. The van der Waals surface area contributed by atoms with Gasteiger partial charge in [-0.15, -0.1) is 0 Å². The molecule has 86 valence electrons. The van der Waals surface area contributed by atoms with Gasteiger partial charge in [0.1, 0.15) is 0 Å². The van der Waals surface area contributed by atoms with E-state index in [1.807, 2.05) is 0 Å². The SMILES string of the molecule is Nc1occc1C12CC3CC(CC(C3)C1)C2. The first-order chi connectivity index (χ1) is 7.75. The van der Waals surface area contributed by atoms with Crippen molar-refractivity contribution in [2.24, 2.45) is 17.8 Å². The quantitative estimate of drug-likeness (QED) is 0.783. The molecule has 0 spiro atoms. The summed E-state index contributed by atoms with van der Waals surface area (Å²) in [5, 5.41) is 0. The summed E-state index contributed by atoms with van der Waals surface area (Å²) in [4.78, 5) is 0. The van der Waals surface area contributed by atoms with Gasteiger partial charge in [0, 0.05) is 11.0 Å². The van der Waals surface area contributed by atoms with Gasteiger partial charge in [0.15, 0.2) is 5.88 Å². The van der Waals surface area contributed by atoms with Crippen LogP contribution < -0.4 is 5.73 Å². The second-order valence-electron chi connectivity index (χ2n) is 6.40. The van der Waals surface area contributed by atoms with Crippen LogP contribution in [0.3, 0.4) is 0 Å². The lowest BCUT2D eigenvalue weighted by atomic mass is 9.48. The molecule has 1 aromatic heterocycles. The molecule has 1 aromatic rings. The highest BCUT2D eigenvalue weighted by atomic mass is 16.3. The summed E-state index contributed by atoms with van der Waals surface area (Å²) in [6.07, 6.45) is 10.3. The van der Waals surface area contributed by atoms with Gasteiger partial charge in [-0.3, -0.25) is 0 Å². The highest BCUT2D eigenvalue weighted by Crippen LogP contribution is 2.61. The second kappa shape index (κ2) is 2.85. The molecule has 2 heteroatoms. The molecule has 0 atom stereocenters. The van der Waals surface area contributed by atoms with E-state index in [1.165, 1.54) is 44.1 Å². The van der Waals surface area contributed by atoms with Gasteiger partial charge < -0.3 is 10.2 Å². The highest BCUT2D eigenvalue weighted by molar-refractivity contribution is 5.43. The van der Waals surface area contributed by atoms with Gasteiger partial charge in [-0.2, -0.15) is 0 Å². The monoisotopic (exact) mass is 217 g/mol. The molecule has 2 nitrogen and oxygen atoms in total. The third-order valence-corrected chi connectivity index (χ3v) is 5.30. The average molecular weight is 217 g/mol. The molecule has 4 aliphatic carbocycles. The van der Waals surface area contributed by atoms with Crippen LogP contribution in [0.5, 0.6) is 0 Å². The van der Waals surface area contributed by atoms with Gasteiger partial charge in [0.2, 0.25) is 0 Å². The smallest absolute Gasteiger partial charge is 0.193 e. The van der Waals surface area contributed by atoms with E-state index in [0.29, 0.717) is 11.3 Å². The number of rotatable bonds is 1. The molecule has 5 rings (SSSR count). The van der Waals surface area contributed by atoms with Gasteiger partial charge in [0.05, 0.1) is 6.26 Å². The van der Waals surface area contributed by atoms with Crippen LogP contribution in [0.25, 0.3) is 0 Å². The molecule has 4 saturated carbocycles. The van der Waals surface area contributed by atoms with E-state index in [1.54, 1.807) is 6.26 Å². The van der Waals surface area contributed by atoms with Crippen molar-refractivity contribution in [3.63, 3.8) is 0 Å². The van der Waals surface area contributed by atoms with Crippen molar-refractivity contribution in [2.75, 3.05) is 5.73 Å². The van der Waals surface area contributed by atoms with Crippen LogP contribution in [0.4, 0.5) is 5.88 Å². The molecule has 4 fully saturated rings. The lowest BCUT2D eigenvalue weighted by Crippen LogP contribution is -2.48. The van der Waals surface area contributed by atoms with Crippen LogP contribution in [0.1, 0.15) is 44.1 Å². The van der Waals surface area contributed by atoms with Crippen LogP contribution in [-0.4, -0.2) is 0 Å². The maximum atomic E-state index is 6.00. The Kier molecular flexibility index (Phi) is 1.63. The first-order valence-corrected chi connectivity index (χ1v) is 6.59. The Bertz CT molecular complexity index is 385. The molecule has 1 heterocycles. The lowest BCUT2D eigenvalue weighted by Gasteiger charge is -2.56. The predicted molar refractivity (Wildman–Crippen MR) is 63.0 cm³/mol. The van der Waals surface area contributed by atoms with Crippen molar-refractivity contribution in [2.45, 2.75) is 43.9 Å². The van der Waals surface area contributed by atoms with Crippen LogP contribution in [-0.2, 0) is 5.41 Å². The maximum Gasteiger partial charge on any atom is 0.193 e. The Balaban J connectivity index is 1.79. The molecular weight excluding hydrogens is 198 g/mol. The van der Waals surface area contributed by atoms with Crippen molar-refractivity contribution in [3.8, 4) is 0 Å². The Hall–Kier alpha value is -0.920. The predicted octanol–water partition coefficient (Wildman–Crippen LogP) is 3.33. The largest absolute Gasteiger partial charge is 0.449 e. The third-order valence-electron chi connectivity index (χ3n) is 5.30.